The molecule has 1 aromatic carbocycles. The number of hydrogen-bond acceptors (Lipinski definition) is 3. The number of amides is 2. The molecule has 2 N–H and O–H groups in total. The van der Waals surface area contributed by atoms with Crippen molar-refractivity contribution in [2.75, 3.05) is 13.1 Å². The van der Waals surface area contributed by atoms with Crippen molar-refractivity contribution in [1.82, 2.24) is 20.4 Å². The van der Waals surface area contributed by atoms with Crippen LogP contribution in [0.4, 0.5) is 0 Å². The Bertz CT molecular complexity index is 765. The van der Waals surface area contributed by atoms with Crippen LogP contribution in [0.25, 0.3) is 0 Å². The van der Waals surface area contributed by atoms with Gasteiger partial charge in [-0.2, -0.15) is 5.10 Å². The standard InChI is InChI=1S/C19H26N4O2/c1-13-6-7-17(10-14(13)2)19(25)21-12-18(24)20-8-5-9-23-16(4)11-15(3)22-23/h6-7,10-11H,5,8-9,12H2,1-4H3,(H,20,24)(H,21,25). The molecule has 0 atom stereocenters. The Kier molecular flexibility index (Phi) is 6.33. The molecule has 134 valence electrons. The number of nitrogens with one attached hydrogen (secondary N) is 2. The summed E-state index contributed by atoms with van der Waals surface area (Å²) >= 11 is 0. The van der Waals surface area contributed by atoms with Gasteiger partial charge in [0.05, 0.1) is 12.2 Å². The molecule has 6 nitrogen and oxygen atoms in total. The second-order valence-electron chi connectivity index (χ2n) is 6.34. The second kappa shape index (κ2) is 8.46. The lowest BCUT2D eigenvalue weighted by Crippen LogP contribution is -2.37. The monoisotopic (exact) mass is 342 g/mol. The fraction of sp³-hybridized carbons (Fsp3) is 0.421. The molecule has 6 heteroatoms. The van der Waals surface area contributed by atoms with E-state index in [4.69, 9.17) is 0 Å². The van der Waals surface area contributed by atoms with Crippen molar-refractivity contribution in [2.45, 2.75) is 40.7 Å². The number of nitrogens with zero attached hydrogens (tertiary/aromatic N) is 2. The van der Waals surface area contributed by atoms with Gasteiger partial charge in [-0.1, -0.05) is 6.07 Å². The van der Waals surface area contributed by atoms with Crippen LogP contribution in [-0.2, 0) is 11.3 Å². The third kappa shape index (κ3) is 5.45. The maximum atomic E-state index is 12.1. The van der Waals surface area contributed by atoms with E-state index in [1.807, 2.05) is 50.6 Å². The number of carbonyl (C=O) groups excluding carboxylic acids is 2. The normalized spacial score (nSPS) is 10.6. The number of carbonyl (C=O) groups is 2. The van der Waals surface area contributed by atoms with Crippen molar-refractivity contribution in [3.8, 4) is 0 Å². The zero-order valence-electron chi connectivity index (χ0n) is 15.3. The lowest BCUT2D eigenvalue weighted by atomic mass is 10.1. The molecule has 0 saturated heterocycles. The molecule has 0 fully saturated rings. The molecule has 2 amide bonds. The summed E-state index contributed by atoms with van der Waals surface area (Å²) in [6.45, 7) is 9.22. The van der Waals surface area contributed by atoms with Gasteiger partial charge in [-0.25, -0.2) is 0 Å². The Morgan fingerprint density at radius 2 is 1.80 bits per heavy atom. The van der Waals surface area contributed by atoms with E-state index in [9.17, 15) is 9.59 Å². The highest BCUT2D eigenvalue weighted by molar-refractivity contribution is 5.96. The van der Waals surface area contributed by atoms with E-state index >= 15 is 0 Å². The third-order valence-corrected chi connectivity index (χ3v) is 4.15. The van der Waals surface area contributed by atoms with Gasteiger partial charge in [0, 0.05) is 24.3 Å². The molecule has 0 aliphatic heterocycles. The fourth-order valence-electron chi connectivity index (χ4n) is 2.57. The molecule has 0 aliphatic rings. The SMILES string of the molecule is Cc1cc(C)n(CCCNC(=O)CNC(=O)c2ccc(C)c(C)c2)n1. The summed E-state index contributed by atoms with van der Waals surface area (Å²) < 4.78 is 1.93. The van der Waals surface area contributed by atoms with E-state index in [-0.39, 0.29) is 18.4 Å². The van der Waals surface area contributed by atoms with E-state index in [0.717, 1.165) is 35.5 Å². The topological polar surface area (TPSA) is 76.0 Å². The maximum absolute atomic E-state index is 12.1. The third-order valence-electron chi connectivity index (χ3n) is 4.15. The van der Waals surface area contributed by atoms with Gasteiger partial charge in [-0.3, -0.25) is 14.3 Å². The first-order chi connectivity index (χ1) is 11.9. The van der Waals surface area contributed by atoms with Crippen LogP contribution in [0.5, 0.6) is 0 Å². The molecule has 1 heterocycles. The predicted molar refractivity (Wildman–Crippen MR) is 97.6 cm³/mol. The fourth-order valence-corrected chi connectivity index (χ4v) is 2.57. The number of benzene rings is 1. The predicted octanol–water partition coefficient (Wildman–Crippen LogP) is 2.05. The molecule has 0 spiro atoms. The summed E-state index contributed by atoms with van der Waals surface area (Å²) in [7, 11) is 0. The van der Waals surface area contributed by atoms with Crippen LogP contribution in [0, 0.1) is 27.7 Å². The summed E-state index contributed by atoms with van der Waals surface area (Å²) in [6, 6.07) is 7.53. The van der Waals surface area contributed by atoms with Gasteiger partial charge in [-0.05, 0) is 63.4 Å². The summed E-state index contributed by atoms with van der Waals surface area (Å²) in [5.74, 6) is -0.425. The molecular weight excluding hydrogens is 316 g/mol. The summed E-state index contributed by atoms with van der Waals surface area (Å²) in [6.07, 6.45) is 0.790. The largest absolute Gasteiger partial charge is 0.355 e. The lowest BCUT2D eigenvalue weighted by molar-refractivity contribution is -0.120. The van der Waals surface area contributed by atoms with Crippen LogP contribution in [0.2, 0.25) is 0 Å². The smallest absolute Gasteiger partial charge is 0.251 e. The molecule has 0 bridgehead atoms. The first-order valence-corrected chi connectivity index (χ1v) is 8.50. The van der Waals surface area contributed by atoms with Crippen molar-refractivity contribution >= 4 is 11.8 Å². The molecule has 0 saturated carbocycles. The van der Waals surface area contributed by atoms with Crippen LogP contribution in [0.15, 0.2) is 24.3 Å². The van der Waals surface area contributed by atoms with Gasteiger partial charge in [-0.15, -0.1) is 0 Å². The highest BCUT2D eigenvalue weighted by Gasteiger charge is 2.09. The van der Waals surface area contributed by atoms with Crippen LogP contribution < -0.4 is 10.6 Å². The van der Waals surface area contributed by atoms with Gasteiger partial charge in [0.1, 0.15) is 0 Å². The minimum Gasteiger partial charge on any atom is -0.355 e. The highest BCUT2D eigenvalue weighted by atomic mass is 16.2. The molecule has 1 aromatic heterocycles. The number of hydrogen-bond donors (Lipinski definition) is 2. The van der Waals surface area contributed by atoms with E-state index in [2.05, 4.69) is 15.7 Å². The number of aryl methyl sites for hydroxylation is 5. The first-order valence-electron chi connectivity index (χ1n) is 8.50. The van der Waals surface area contributed by atoms with Crippen molar-refractivity contribution in [2.24, 2.45) is 0 Å². The Morgan fingerprint density at radius 3 is 2.44 bits per heavy atom. The van der Waals surface area contributed by atoms with E-state index in [1.54, 1.807) is 6.07 Å². The van der Waals surface area contributed by atoms with Gasteiger partial charge in [0.15, 0.2) is 0 Å². The summed E-state index contributed by atoms with van der Waals surface area (Å²) in [5, 5.41) is 9.84. The molecule has 0 unspecified atom stereocenters. The van der Waals surface area contributed by atoms with Crippen LogP contribution in [-0.4, -0.2) is 34.7 Å². The lowest BCUT2D eigenvalue weighted by Gasteiger charge is -2.09. The average Bonchev–Trinajstić information content (AvgIpc) is 2.89. The Labute approximate surface area is 148 Å². The number of aromatic nitrogens is 2. The minimum atomic E-state index is -0.235. The quantitative estimate of drug-likeness (QED) is 0.756. The van der Waals surface area contributed by atoms with Crippen molar-refractivity contribution in [3.05, 3.63) is 52.3 Å². The highest BCUT2D eigenvalue weighted by Crippen LogP contribution is 2.09. The van der Waals surface area contributed by atoms with Crippen molar-refractivity contribution in [1.29, 1.82) is 0 Å². The summed E-state index contributed by atoms with van der Waals surface area (Å²) in [4.78, 5) is 23.9. The summed E-state index contributed by atoms with van der Waals surface area (Å²) in [5.41, 5.74) is 4.87. The van der Waals surface area contributed by atoms with E-state index < -0.39 is 0 Å². The Balaban J connectivity index is 1.69. The van der Waals surface area contributed by atoms with E-state index in [0.29, 0.717) is 12.1 Å². The molecule has 0 radical (unpaired) electrons. The second-order valence-corrected chi connectivity index (χ2v) is 6.34. The minimum absolute atomic E-state index is 0.0222. The van der Waals surface area contributed by atoms with Crippen LogP contribution in [0.3, 0.4) is 0 Å². The van der Waals surface area contributed by atoms with Gasteiger partial charge in [0.2, 0.25) is 5.91 Å². The Hall–Kier alpha value is -2.63. The average molecular weight is 342 g/mol. The van der Waals surface area contributed by atoms with Crippen molar-refractivity contribution in [3.63, 3.8) is 0 Å². The molecule has 2 aromatic rings. The zero-order valence-corrected chi connectivity index (χ0v) is 15.3. The molecule has 2 rings (SSSR count). The van der Waals surface area contributed by atoms with Gasteiger partial charge >= 0.3 is 0 Å². The zero-order chi connectivity index (χ0) is 18.4. The first kappa shape index (κ1) is 18.7. The molecular formula is C19H26N4O2. The number of rotatable bonds is 7. The van der Waals surface area contributed by atoms with Gasteiger partial charge < -0.3 is 10.6 Å². The maximum Gasteiger partial charge on any atom is 0.251 e. The van der Waals surface area contributed by atoms with E-state index in [1.165, 1.54) is 0 Å². The van der Waals surface area contributed by atoms with Crippen molar-refractivity contribution < 1.29 is 9.59 Å². The van der Waals surface area contributed by atoms with Gasteiger partial charge in [0.25, 0.3) is 5.91 Å². The van der Waals surface area contributed by atoms with Crippen LogP contribution in [0.1, 0.15) is 39.3 Å². The molecule has 25 heavy (non-hydrogen) atoms. The Morgan fingerprint density at radius 1 is 1.04 bits per heavy atom. The van der Waals surface area contributed by atoms with Crippen LogP contribution >= 0.6 is 0 Å². The molecule has 0 aliphatic carbocycles.